The van der Waals surface area contributed by atoms with Crippen molar-refractivity contribution in [3.63, 3.8) is 0 Å². The molecule has 4 aromatic rings. The van der Waals surface area contributed by atoms with Crippen LogP contribution in [-0.4, -0.2) is 65.1 Å². The second-order valence-corrected chi connectivity index (χ2v) is 11.1. The molecule has 0 unspecified atom stereocenters. The first-order chi connectivity index (χ1) is 17.0. The molecule has 0 radical (unpaired) electrons. The number of nitrogens with two attached hydrogens (primary N) is 1. The van der Waals surface area contributed by atoms with Crippen molar-refractivity contribution in [1.29, 1.82) is 0 Å². The number of thiophene rings is 1. The Balaban J connectivity index is 1.16. The summed E-state index contributed by atoms with van der Waals surface area (Å²) in [5.41, 5.74) is 0.824. The third kappa shape index (κ3) is 4.70. The average Bonchev–Trinajstić information content (AvgIpc) is 3.17. The summed E-state index contributed by atoms with van der Waals surface area (Å²) in [6.45, 7) is 8.84. The second kappa shape index (κ2) is 10.0. The number of aromatic nitrogens is 3. The fourth-order valence-corrected chi connectivity index (χ4v) is 6.45. The Kier molecular flexibility index (Phi) is 6.86. The number of rotatable bonds is 7. The summed E-state index contributed by atoms with van der Waals surface area (Å²) in [6, 6.07) is 8.19. The molecule has 0 spiro atoms. The highest BCUT2D eigenvalue weighted by atomic mass is 32.2. The summed E-state index contributed by atoms with van der Waals surface area (Å²) in [5, 5.41) is 3.54. The summed E-state index contributed by atoms with van der Waals surface area (Å²) in [7, 11) is 1.69. The van der Waals surface area contributed by atoms with Gasteiger partial charge in [0.15, 0.2) is 5.16 Å². The minimum atomic E-state index is -0.157. The minimum Gasteiger partial charge on any atom is -0.497 e. The van der Waals surface area contributed by atoms with Gasteiger partial charge in [0.2, 0.25) is 0 Å². The average molecular weight is 511 g/mol. The lowest BCUT2D eigenvalue weighted by molar-refractivity contribution is 0.259. The quantitative estimate of drug-likeness (QED) is 0.174. The van der Waals surface area contributed by atoms with Crippen LogP contribution >= 0.6 is 23.1 Å². The van der Waals surface area contributed by atoms with E-state index in [9.17, 15) is 4.79 Å². The van der Waals surface area contributed by atoms with Gasteiger partial charge in [0.05, 0.1) is 12.5 Å². The standard InChI is InChI=1S/C25H30N6O2S2/c1-16-17(2)35-23-21(16)24(32)31(26)25(28-23)34-14-4-9-29-10-12-30(13-11-29)22-20-15-19(33-3)6-5-18(20)7-8-27-22/h5-8,15H,4,9-14,26H2,1-3H3. The van der Waals surface area contributed by atoms with Gasteiger partial charge in [-0.15, -0.1) is 11.3 Å². The van der Waals surface area contributed by atoms with Crippen LogP contribution in [0.2, 0.25) is 0 Å². The lowest BCUT2D eigenvalue weighted by Crippen LogP contribution is -2.47. The molecule has 1 aromatic carbocycles. The Bertz CT molecular complexity index is 1430. The lowest BCUT2D eigenvalue weighted by Gasteiger charge is -2.35. The maximum absolute atomic E-state index is 12.7. The van der Waals surface area contributed by atoms with E-state index in [0.29, 0.717) is 10.5 Å². The summed E-state index contributed by atoms with van der Waals surface area (Å²) in [4.78, 5) is 28.8. The van der Waals surface area contributed by atoms with Crippen molar-refractivity contribution >= 4 is 49.9 Å². The van der Waals surface area contributed by atoms with Crippen LogP contribution in [0.15, 0.2) is 40.4 Å². The number of methoxy groups -OCH3 is 1. The molecule has 3 aromatic heterocycles. The molecule has 2 N–H and O–H groups in total. The smallest absolute Gasteiger partial charge is 0.281 e. The lowest BCUT2D eigenvalue weighted by atomic mass is 10.1. The van der Waals surface area contributed by atoms with Gasteiger partial charge in [0.1, 0.15) is 16.4 Å². The monoisotopic (exact) mass is 510 g/mol. The number of ether oxygens (including phenoxy) is 1. The van der Waals surface area contributed by atoms with Crippen molar-refractivity contribution in [2.45, 2.75) is 25.4 Å². The highest BCUT2D eigenvalue weighted by Gasteiger charge is 2.20. The first-order valence-electron chi connectivity index (χ1n) is 11.8. The second-order valence-electron chi connectivity index (χ2n) is 8.79. The number of pyridine rings is 1. The van der Waals surface area contributed by atoms with Gasteiger partial charge in [-0.3, -0.25) is 9.69 Å². The number of thioether (sulfide) groups is 1. The van der Waals surface area contributed by atoms with Gasteiger partial charge < -0.3 is 15.5 Å². The molecule has 184 valence electrons. The van der Waals surface area contributed by atoms with Gasteiger partial charge in [-0.2, -0.15) is 0 Å². The molecule has 1 aliphatic heterocycles. The molecule has 0 bridgehead atoms. The zero-order valence-electron chi connectivity index (χ0n) is 20.3. The molecule has 35 heavy (non-hydrogen) atoms. The Morgan fingerprint density at radius 3 is 2.74 bits per heavy atom. The number of fused-ring (bicyclic) bond motifs is 2. The molecule has 4 heterocycles. The number of nitrogens with zero attached hydrogens (tertiary/aromatic N) is 5. The van der Waals surface area contributed by atoms with E-state index in [-0.39, 0.29) is 5.56 Å². The Morgan fingerprint density at radius 1 is 1.17 bits per heavy atom. The first-order valence-corrected chi connectivity index (χ1v) is 13.6. The third-order valence-corrected chi connectivity index (χ3v) is 8.82. The van der Waals surface area contributed by atoms with Crippen LogP contribution in [-0.2, 0) is 0 Å². The summed E-state index contributed by atoms with van der Waals surface area (Å²) < 4.78 is 6.63. The zero-order chi connectivity index (χ0) is 24.5. The van der Waals surface area contributed by atoms with E-state index in [0.717, 1.165) is 77.1 Å². The minimum absolute atomic E-state index is 0.157. The van der Waals surface area contributed by atoms with Crippen molar-refractivity contribution in [1.82, 2.24) is 19.5 Å². The van der Waals surface area contributed by atoms with E-state index in [1.807, 2.05) is 32.2 Å². The summed E-state index contributed by atoms with van der Waals surface area (Å²) in [6.07, 6.45) is 2.89. The molecule has 1 aliphatic rings. The maximum atomic E-state index is 12.7. The highest BCUT2D eigenvalue weighted by molar-refractivity contribution is 7.99. The van der Waals surface area contributed by atoms with Gasteiger partial charge in [0.25, 0.3) is 5.56 Å². The van der Waals surface area contributed by atoms with Crippen molar-refractivity contribution in [3.05, 3.63) is 51.3 Å². The molecule has 0 saturated carbocycles. The van der Waals surface area contributed by atoms with Crippen LogP contribution in [0.5, 0.6) is 5.75 Å². The first kappa shape index (κ1) is 23.9. The van der Waals surface area contributed by atoms with E-state index in [1.54, 1.807) is 30.2 Å². The van der Waals surface area contributed by atoms with Crippen LogP contribution in [0, 0.1) is 13.8 Å². The van der Waals surface area contributed by atoms with E-state index < -0.39 is 0 Å². The summed E-state index contributed by atoms with van der Waals surface area (Å²) >= 11 is 3.12. The molecule has 8 nitrogen and oxygen atoms in total. The van der Waals surface area contributed by atoms with Crippen molar-refractivity contribution in [3.8, 4) is 5.75 Å². The van der Waals surface area contributed by atoms with Gasteiger partial charge in [-0.25, -0.2) is 14.6 Å². The zero-order valence-corrected chi connectivity index (χ0v) is 21.9. The largest absolute Gasteiger partial charge is 0.497 e. The molecule has 1 saturated heterocycles. The normalized spacial score (nSPS) is 14.8. The third-order valence-electron chi connectivity index (χ3n) is 6.68. The van der Waals surface area contributed by atoms with Crippen LogP contribution in [0.1, 0.15) is 16.9 Å². The van der Waals surface area contributed by atoms with Crippen LogP contribution in [0.25, 0.3) is 21.0 Å². The molecule has 0 aliphatic carbocycles. The van der Waals surface area contributed by atoms with Crippen molar-refractivity contribution in [2.75, 3.05) is 56.3 Å². The topological polar surface area (TPSA) is 89.5 Å². The molecular formula is C25H30N6O2S2. The number of aryl methyl sites for hydroxylation is 2. The number of hydrogen-bond donors (Lipinski definition) is 1. The molecule has 1 fully saturated rings. The van der Waals surface area contributed by atoms with Crippen LogP contribution in [0.3, 0.4) is 0 Å². The van der Waals surface area contributed by atoms with Crippen molar-refractivity contribution in [2.24, 2.45) is 0 Å². The van der Waals surface area contributed by atoms with E-state index in [1.165, 1.54) is 10.1 Å². The predicted octanol–water partition coefficient (Wildman–Crippen LogP) is 3.65. The Labute approximate surface area is 212 Å². The fourth-order valence-electron chi connectivity index (χ4n) is 4.54. The molecule has 5 rings (SSSR count). The van der Waals surface area contributed by atoms with E-state index >= 15 is 0 Å². The molecular weight excluding hydrogens is 480 g/mol. The number of hydrogen-bond acceptors (Lipinski definition) is 9. The number of piperazine rings is 1. The van der Waals surface area contributed by atoms with E-state index in [2.05, 4.69) is 31.9 Å². The Hall–Kier alpha value is -2.82. The van der Waals surface area contributed by atoms with Crippen LogP contribution in [0.4, 0.5) is 5.82 Å². The van der Waals surface area contributed by atoms with Gasteiger partial charge >= 0.3 is 0 Å². The predicted molar refractivity (Wildman–Crippen MR) is 146 cm³/mol. The summed E-state index contributed by atoms with van der Waals surface area (Å²) in [5.74, 6) is 8.82. The maximum Gasteiger partial charge on any atom is 0.281 e. The van der Waals surface area contributed by atoms with Gasteiger partial charge in [-0.1, -0.05) is 17.8 Å². The van der Waals surface area contributed by atoms with Crippen LogP contribution < -0.4 is 21.0 Å². The molecule has 0 amide bonds. The van der Waals surface area contributed by atoms with Gasteiger partial charge in [-0.05, 0) is 56.0 Å². The van der Waals surface area contributed by atoms with Crippen molar-refractivity contribution < 1.29 is 4.74 Å². The Morgan fingerprint density at radius 2 is 1.97 bits per heavy atom. The highest BCUT2D eigenvalue weighted by Crippen LogP contribution is 2.30. The van der Waals surface area contributed by atoms with E-state index in [4.69, 9.17) is 10.6 Å². The molecule has 10 heteroatoms. The number of nitrogen functional groups attached to an aromatic ring is 1. The molecule has 0 atom stereocenters. The number of anilines is 1. The number of benzene rings is 1. The van der Waals surface area contributed by atoms with Gasteiger partial charge in [0, 0.05) is 48.4 Å². The fraction of sp³-hybridized carbons (Fsp3) is 0.400. The SMILES string of the molecule is COc1ccc2ccnc(N3CCN(CCCSc4nc5sc(C)c(C)c5c(=O)n4N)CC3)c2c1.